The molecule has 1 aromatic rings. The fourth-order valence-electron chi connectivity index (χ4n) is 0.870. The van der Waals surface area contributed by atoms with Crippen LogP contribution >= 0.6 is 38.5 Å². The lowest BCUT2D eigenvalue weighted by molar-refractivity contribution is 0.0572. The van der Waals surface area contributed by atoms with E-state index in [1.165, 1.54) is 0 Å². The van der Waals surface area contributed by atoms with Gasteiger partial charge in [-0.15, -0.1) is 0 Å². The van der Waals surface area contributed by atoms with Crippen LogP contribution in [-0.2, 0) is 4.74 Å². The van der Waals surface area contributed by atoms with Gasteiger partial charge >= 0.3 is 5.97 Å². The van der Waals surface area contributed by atoms with Gasteiger partial charge in [-0.2, -0.15) is 0 Å². The predicted octanol–water partition coefficient (Wildman–Crippen LogP) is 1.53. The first-order chi connectivity index (χ1) is 6.16. The molecule has 0 aliphatic carbocycles. The molecule has 0 heterocycles. The lowest BCUT2D eigenvalue weighted by Gasteiger charge is -2.04. The molecule has 0 atom stereocenters. The van der Waals surface area contributed by atoms with Crippen molar-refractivity contribution in [2.75, 3.05) is 6.23 Å². The number of carbonyl (C=O) groups is 1. The molecule has 0 unspecified atom stereocenters. The second kappa shape index (κ2) is 5.11. The fourth-order valence-corrected chi connectivity index (χ4v) is 2.06. The van der Waals surface area contributed by atoms with Crippen molar-refractivity contribution < 1.29 is 9.53 Å². The maximum absolute atomic E-state index is 11.4. The zero-order valence-electron chi connectivity index (χ0n) is 7.01. The maximum Gasteiger partial charge on any atom is 0.338 e. The van der Waals surface area contributed by atoms with Crippen LogP contribution in [0.1, 0.15) is 10.4 Å². The van der Waals surface area contributed by atoms with E-state index in [-0.39, 0.29) is 5.97 Å². The van der Waals surface area contributed by atoms with Crippen LogP contribution < -0.4 is 0 Å². The summed E-state index contributed by atoms with van der Waals surface area (Å²) in [6.07, 6.45) is 0.538. The van der Waals surface area contributed by atoms with Crippen molar-refractivity contribution in [3.63, 3.8) is 0 Å². The Morgan fingerprint density at radius 1 is 1.62 bits per heavy atom. The van der Waals surface area contributed by atoms with Crippen LogP contribution in [0.4, 0.5) is 0 Å². The van der Waals surface area contributed by atoms with Gasteiger partial charge in [0.25, 0.3) is 0 Å². The molecule has 70 valence electrons. The molecule has 0 fully saturated rings. The summed E-state index contributed by atoms with van der Waals surface area (Å²) in [5.74, 6) is -0.250. The number of ether oxygens (including phenoxy) is 1. The van der Waals surface area contributed by atoms with Crippen molar-refractivity contribution in [2.24, 2.45) is 0 Å². The minimum absolute atomic E-state index is 0.250. The summed E-state index contributed by atoms with van der Waals surface area (Å²) in [6, 6.07) is 5.53. The van der Waals surface area contributed by atoms with Gasteiger partial charge < -0.3 is 4.74 Å². The van der Waals surface area contributed by atoms with Crippen molar-refractivity contribution in [1.82, 2.24) is 0 Å². The number of esters is 1. The topological polar surface area (TPSA) is 26.3 Å². The highest BCUT2D eigenvalue weighted by Crippen LogP contribution is 2.23. The Hall–Kier alpha value is 0.117. The Kier molecular flexibility index (Phi) is 4.40. The molecule has 0 saturated heterocycles. The zero-order valence-corrected chi connectivity index (χ0v) is 12.8. The second-order valence-corrected chi connectivity index (χ2v) is 4.85. The first-order valence-corrected chi connectivity index (χ1v) is 7.06. The summed E-state index contributed by atoms with van der Waals surface area (Å²) >= 11 is 5.52. The minimum atomic E-state index is -0.250. The van der Waals surface area contributed by atoms with Gasteiger partial charge in [0.2, 0.25) is 0 Å². The van der Waals surface area contributed by atoms with Crippen molar-refractivity contribution >= 4 is 54.7 Å². The number of rotatable bonds is 2. The Labute approximate surface area is 102 Å². The summed E-state index contributed by atoms with van der Waals surface area (Å²) < 4.78 is 6.78. The van der Waals surface area contributed by atoms with Crippen LogP contribution in [0.2, 0.25) is 0 Å². The van der Waals surface area contributed by atoms with E-state index in [9.17, 15) is 4.79 Å². The molecule has 0 bridgehead atoms. The molecule has 0 saturated carbocycles. The van der Waals surface area contributed by atoms with Crippen LogP contribution in [-0.4, -0.2) is 22.4 Å². The third-order valence-electron chi connectivity index (χ3n) is 1.45. The second-order valence-electron chi connectivity index (χ2n) is 2.32. The quantitative estimate of drug-likeness (QED) is 0.448. The number of benzene rings is 1. The number of halogens is 2. The molecule has 0 spiro atoms. The van der Waals surface area contributed by atoms with E-state index in [4.69, 9.17) is 4.74 Å². The summed E-state index contributed by atoms with van der Waals surface area (Å²) in [5.41, 5.74) is 0.600. The Bertz CT molecular complexity index is 330. The van der Waals surface area contributed by atoms with Gasteiger partial charge in [0.05, 0.1) is 22.0 Å². The van der Waals surface area contributed by atoms with Gasteiger partial charge in [-0.1, -0.05) is 6.07 Å². The highest BCUT2D eigenvalue weighted by atomic mass is 127. The summed E-state index contributed by atoms with van der Waals surface area (Å²) in [4.78, 5) is 11.4. The van der Waals surface area contributed by atoms with Crippen molar-refractivity contribution in [3.05, 3.63) is 31.8 Å². The van der Waals surface area contributed by atoms with Crippen LogP contribution in [0, 0.1) is 3.57 Å². The van der Waals surface area contributed by atoms with Crippen LogP contribution in [0.15, 0.2) is 22.7 Å². The van der Waals surface area contributed by atoms with Gasteiger partial charge in [0, 0.05) is 8.04 Å². The van der Waals surface area contributed by atoms with E-state index in [1.54, 1.807) is 6.07 Å². The third kappa shape index (κ3) is 2.78. The Balaban J connectivity index is 3.01. The van der Waals surface area contributed by atoms with Gasteiger partial charge in [-0.25, -0.2) is 4.79 Å². The molecule has 0 aromatic heterocycles. The van der Waals surface area contributed by atoms with E-state index in [2.05, 4.69) is 38.5 Å². The summed E-state index contributed by atoms with van der Waals surface area (Å²) in [5, 5.41) is 0. The number of carbonyl (C=O) groups excluding carboxylic acids is 1. The van der Waals surface area contributed by atoms with E-state index in [1.807, 2.05) is 12.1 Å². The molecule has 0 aliphatic rings. The summed E-state index contributed by atoms with van der Waals surface area (Å²) in [6.45, 7) is 0. The van der Waals surface area contributed by atoms with Crippen molar-refractivity contribution in [1.29, 1.82) is 0 Å². The lowest BCUT2D eigenvalue weighted by Crippen LogP contribution is -2.07. The Morgan fingerprint density at radius 3 is 2.92 bits per heavy atom. The average molecular weight is 371 g/mol. The normalized spacial score (nSPS) is 10.0. The molecule has 1 aromatic carbocycles. The molecular formula is C8H8BrIO2Si. The van der Waals surface area contributed by atoms with Gasteiger partial charge in [-0.05, 0) is 50.7 Å². The van der Waals surface area contributed by atoms with Crippen molar-refractivity contribution in [2.45, 2.75) is 0 Å². The molecule has 1 rings (SSSR count). The first kappa shape index (κ1) is 11.2. The van der Waals surface area contributed by atoms with Crippen LogP contribution in [0.25, 0.3) is 0 Å². The van der Waals surface area contributed by atoms with Gasteiger partial charge in [0.15, 0.2) is 0 Å². The molecule has 0 amide bonds. The van der Waals surface area contributed by atoms with Crippen molar-refractivity contribution in [3.8, 4) is 0 Å². The molecule has 0 N–H and O–H groups in total. The highest BCUT2D eigenvalue weighted by molar-refractivity contribution is 14.1. The standard InChI is InChI=1S/C8H8BrIO2Si/c9-7-5(8(11)12-4-13)2-1-3-6(7)10/h1-3H,4H2,13H3. The first-order valence-electron chi connectivity index (χ1n) is 3.78. The predicted molar refractivity (Wildman–Crippen MR) is 67.1 cm³/mol. The largest absolute Gasteiger partial charge is 0.467 e. The third-order valence-corrected chi connectivity index (χ3v) is 4.23. The van der Waals surface area contributed by atoms with E-state index in [0.717, 1.165) is 18.3 Å². The molecule has 2 nitrogen and oxygen atoms in total. The molecular weight excluding hydrogens is 363 g/mol. The van der Waals surface area contributed by atoms with Gasteiger partial charge in [-0.3, -0.25) is 0 Å². The van der Waals surface area contributed by atoms with E-state index in [0.29, 0.717) is 11.8 Å². The SMILES string of the molecule is O=C(OC[SiH3])c1cccc(I)c1Br. The Morgan fingerprint density at radius 2 is 2.31 bits per heavy atom. The average Bonchev–Trinajstić information content (AvgIpc) is 2.10. The molecule has 0 radical (unpaired) electrons. The molecule has 0 aliphatic heterocycles. The maximum atomic E-state index is 11.4. The highest BCUT2D eigenvalue weighted by Gasteiger charge is 2.11. The number of hydrogen-bond donors (Lipinski definition) is 0. The molecule has 5 heteroatoms. The van der Waals surface area contributed by atoms with E-state index < -0.39 is 0 Å². The molecule has 13 heavy (non-hydrogen) atoms. The zero-order chi connectivity index (χ0) is 9.84. The van der Waals surface area contributed by atoms with E-state index >= 15 is 0 Å². The van der Waals surface area contributed by atoms with Gasteiger partial charge in [0.1, 0.15) is 0 Å². The smallest absolute Gasteiger partial charge is 0.338 e. The number of hydrogen-bond acceptors (Lipinski definition) is 2. The van der Waals surface area contributed by atoms with Crippen LogP contribution in [0.5, 0.6) is 0 Å². The monoisotopic (exact) mass is 370 g/mol. The minimum Gasteiger partial charge on any atom is -0.467 e. The fraction of sp³-hybridized carbons (Fsp3) is 0.125. The lowest BCUT2D eigenvalue weighted by atomic mass is 10.2. The summed E-state index contributed by atoms with van der Waals surface area (Å²) in [7, 11) is 0.874. The van der Waals surface area contributed by atoms with Crippen LogP contribution in [0.3, 0.4) is 0 Å².